The largest absolute Gasteiger partial charge is 0.298 e. The van der Waals surface area contributed by atoms with Gasteiger partial charge in [-0.25, -0.2) is 0 Å². The van der Waals surface area contributed by atoms with Crippen molar-refractivity contribution in [1.82, 2.24) is 14.8 Å². The van der Waals surface area contributed by atoms with E-state index in [2.05, 4.69) is 28.6 Å². The molecule has 1 atom stereocenters. The van der Waals surface area contributed by atoms with Crippen LogP contribution in [0.15, 0.2) is 0 Å². The zero-order valence-corrected chi connectivity index (χ0v) is 10.7. The Kier molecular flexibility index (Phi) is 2.29. The topological polar surface area (TPSA) is 30.7 Å². The summed E-state index contributed by atoms with van der Waals surface area (Å²) in [6.07, 6.45) is 6.28. The van der Waals surface area contributed by atoms with E-state index < -0.39 is 0 Å². The number of nitrogens with zero attached hydrogens (tertiary/aromatic N) is 3. The lowest BCUT2D eigenvalue weighted by atomic mass is 9.87. The van der Waals surface area contributed by atoms with Crippen molar-refractivity contribution in [2.24, 2.45) is 5.41 Å². The van der Waals surface area contributed by atoms with Crippen LogP contribution in [0.1, 0.15) is 63.7 Å². The average molecular weight is 240 g/mol. The zero-order valence-electron chi connectivity index (χ0n) is 9.91. The Hall–Kier alpha value is -0.570. The van der Waals surface area contributed by atoms with E-state index in [1.54, 1.807) is 0 Å². The van der Waals surface area contributed by atoms with Gasteiger partial charge in [0.15, 0.2) is 0 Å². The first-order chi connectivity index (χ1) is 7.59. The molecule has 3 rings (SSSR count). The van der Waals surface area contributed by atoms with Crippen LogP contribution in [0.4, 0.5) is 0 Å². The molecule has 0 amide bonds. The van der Waals surface area contributed by atoms with Gasteiger partial charge in [0, 0.05) is 12.0 Å². The second kappa shape index (κ2) is 3.46. The van der Waals surface area contributed by atoms with E-state index in [0.717, 1.165) is 5.82 Å². The average Bonchev–Trinajstić information content (AvgIpc) is 2.91. The fourth-order valence-corrected chi connectivity index (χ4v) is 3.22. The third kappa shape index (κ3) is 1.56. The molecule has 1 unspecified atom stereocenters. The second-order valence-electron chi connectivity index (χ2n) is 5.87. The van der Waals surface area contributed by atoms with E-state index in [1.165, 1.54) is 32.1 Å². The van der Waals surface area contributed by atoms with Crippen molar-refractivity contribution >= 4 is 11.6 Å². The first kappa shape index (κ1) is 10.6. The molecule has 1 heterocycles. The number of halogens is 1. The van der Waals surface area contributed by atoms with Gasteiger partial charge in [-0.05, 0) is 42.7 Å². The first-order valence-corrected chi connectivity index (χ1v) is 6.58. The van der Waals surface area contributed by atoms with Gasteiger partial charge in [0.05, 0.1) is 0 Å². The van der Waals surface area contributed by atoms with Crippen LogP contribution in [0.2, 0.25) is 5.28 Å². The SMILES string of the molecule is CC1(C)CCCC1n1c(Cl)nnc1C1CC1. The molecule has 3 nitrogen and oxygen atoms in total. The maximum absolute atomic E-state index is 6.21. The lowest BCUT2D eigenvalue weighted by Gasteiger charge is -2.29. The molecular weight excluding hydrogens is 222 g/mol. The van der Waals surface area contributed by atoms with Gasteiger partial charge in [-0.1, -0.05) is 20.3 Å². The molecule has 0 aliphatic heterocycles. The Labute approximate surface area is 101 Å². The fraction of sp³-hybridized carbons (Fsp3) is 0.833. The highest BCUT2D eigenvalue weighted by molar-refractivity contribution is 6.28. The Balaban J connectivity index is 2.01. The molecule has 1 aromatic rings. The van der Waals surface area contributed by atoms with Crippen LogP contribution >= 0.6 is 11.6 Å². The van der Waals surface area contributed by atoms with E-state index in [4.69, 9.17) is 11.6 Å². The Morgan fingerprint density at radius 2 is 2.00 bits per heavy atom. The standard InChI is InChI=1S/C12H18ClN3/c1-12(2)7-3-4-9(12)16-10(8-5-6-8)14-15-11(16)13/h8-9H,3-7H2,1-2H3. The predicted molar refractivity (Wildman–Crippen MR) is 63.7 cm³/mol. The Morgan fingerprint density at radius 1 is 1.25 bits per heavy atom. The summed E-state index contributed by atoms with van der Waals surface area (Å²) in [7, 11) is 0. The van der Waals surface area contributed by atoms with E-state index >= 15 is 0 Å². The minimum Gasteiger partial charge on any atom is -0.298 e. The molecule has 0 radical (unpaired) electrons. The molecule has 0 spiro atoms. The molecule has 0 N–H and O–H groups in total. The highest BCUT2D eigenvalue weighted by Gasteiger charge is 2.40. The summed E-state index contributed by atoms with van der Waals surface area (Å²) in [6.45, 7) is 4.66. The van der Waals surface area contributed by atoms with Crippen molar-refractivity contribution in [2.45, 2.75) is 57.9 Å². The van der Waals surface area contributed by atoms with Gasteiger partial charge in [-0.2, -0.15) is 0 Å². The van der Waals surface area contributed by atoms with Crippen LogP contribution in [-0.4, -0.2) is 14.8 Å². The predicted octanol–water partition coefficient (Wildman–Crippen LogP) is 3.56. The van der Waals surface area contributed by atoms with Gasteiger partial charge in [0.1, 0.15) is 5.82 Å². The van der Waals surface area contributed by atoms with Gasteiger partial charge in [-0.15, -0.1) is 10.2 Å². The number of rotatable bonds is 2. The molecule has 88 valence electrons. The molecule has 4 heteroatoms. The summed E-state index contributed by atoms with van der Waals surface area (Å²) in [4.78, 5) is 0. The minimum absolute atomic E-state index is 0.329. The van der Waals surface area contributed by atoms with Crippen molar-refractivity contribution in [3.05, 3.63) is 11.1 Å². The molecule has 16 heavy (non-hydrogen) atoms. The Morgan fingerprint density at radius 3 is 2.56 bits per heavy atom. The summed E-state index contributed by atoms with van der Waals surface area (Å²) in [5.41, 5.74) is 0.329. The quantitative estimate of drug-likeness (QED) is 0.790. The van der Waals surface area contributed by atoms with E-state index in [1.807, 2.05) is 0 Å². The lowest BCUT2D eigenvalue weighted by molar-refractivity contribution is 0.256. The second-order valence-corrected chi connectivity index (χ2v) is 6.21. The van der Waals surface area contributed by atoms with Crippen LogP contribution in [0.25, 0.3) is 0 Å². The normalized spacial score (nSPS) is 28.6. The Bertz CT molecular complexity index is 406. The summed E-state index contributed by atoms with van der Waals surface area (Å²) >= 11 is 6.21. The fourth-order valence-electron chi connectivity index (χ4n) is 2.98. The van der Waals surface area contributed by atoms with Crippen molar-refractivity contribution in [3.63, 3.8) is 0 Å². The molecule has 2 saturated carbocycles. The summed E-state index contributed by atoms with van der Waals surface area (Å²) in [5, 5.41) is 8.92. The van der Waals surface area contributed by atoms with Crippen molar-refractivity contribution < 1.29 is 0 Å². The number of hydrogen-bond acceptors (Lipinski definition) is 2. The van der Waals surface area contributed by atoms with Gasteiger partial charge < -0.3 is 0 Å². The van der Waals surface area contributed by atoms with Gasteiger partial charge in [0.25, 0.3) is 0 Å². The van der Waals surface area contributed by atoms with Crippen LogP contribution < -0.4 is 0 Å². The van der Waals surface area contributed by atoms with Crippen LogP contribution in [0.5, 0.6) is 0 Å². The molecule has 0 aromatic carbocycles. The molecule has 1 aromatic heterocycles. The molecule has 2 aliphatic rings. The van der Waals surface area contributed by atoms with Gasteiger partial charge in [-0.3, -0.25) is 4.57 Å². The third-order valence-electron chi connectivity index (χ3n) is 4.14. The highest BCUT2D eigenvalue weighted by Crippen LogP contribution is 2.49. The molecule has 2 aliphatic carbocycles. The zero-order chi connectivity index (χ0) is 11.3. The van der Waals surface area contributed by atoms with E-state index in [0.29, 0.717) is 22.7 Å². The third-order valence-corrected chi connectivity index (χ3v) is 4.39. The molecular formula is C12H18ClN3. The molecule has 2 fully saturated rings. The maximum atomic E-state index is 6.21. The van der Waals surface area contributed by atoms with E-state index in [9.17, 15) is 0 Å². The van der Waals surface area contributed by atoms with Crippen molar-refractivity contribution in [1.29, 1.82) is 0 Å². The van der Waals surface area contributed by atoms with Gasteiger partial charge >= 0.3 is 0 Å². The van der Waals surface area contributed by atoms with Crippen LogP contribution in [0, 0.1) is 5.41 Å². The van der Waals surface area contributed by atoms with Crippen molar-refractivity contribution in [3.8, 4) is 0 Å². The molecule has 0 saturated heterocycles. The smallest absolute Gasteiger partial charge is 0.225 e. The highest BCUT2D eigenvalue weighted by atomic mass is 35.5. The van der Waals surface area contributed by atoms with Crippen molar-refractivity contribution in [2.75, 3.05) is 0 Å². The molecule has 0 bridgehead atoms. The van der Waals surface area contributed by atoms with Crippen LogP contribution in [-0.2, 0) is 0 Å². The monoisotopic (exact) mass is 239 g/mol. The number of aromatic nitrogens is 3. The van der Waals surface area contributed by atoms with Gasteiger partial charge in [0.2, 0.25) is 5.28 Å². The van der Waals surface area contributed by atoms with E-state index in [-0.39, 0.29) is 0 Å². The number of hydrogen-bond donors (Lipinski definition) is 0. The lowest BCUT2D eigenvalue weighted by Crippen LogP contribution is -2.23. The van der Waals surface area contributed by atoms with Crippen LogP contribution in [0.3, 0.4) is 0 Å². The minimum atomic E-state index is 0.329. The first-order valence-electron chi connectivity index (χ1n) is 6.20. The maximum Gasteiger partial charge on any atom is 0.225 e. The summed E-state index contributed by atoms with van der Waals surface area (Å²) in [6, 6.07) is 0.491. The summed E-state index contributed by atoms with van der Waals surface area (Å²) in [5.74, 6) is 1.75. The summed E-state index contributed by atoms with van der Waals surface area (Å²) < 4.78 is 2.21.